The molecule has 0 unspecified atom stereocenters. The number of carbonyl (C=O) groups excluding carboxylic acids is 1. The van der Waals surface area contributed by atoms with Crippen LogP contribution in [-0.4, -0.2) is 12.5 Å². The lowest BCUT2D eigenvalue weighted by Crippen LogP contribution is -2.12. The monoisotopic (exact) mass is 413 g/mol. The van der Waals surface area contributed by atoms with Crippen LogP contribution >= 0.6 is 34.8 Å². The summed E-state index contributed by atoms with van der Waals surface area (Å²) in [7, 11) is 0. The third-order valence-electron chi connectivity index (χ3n) is 3.84. The van der Waals surface area contributed by atoms with Gasteiger partial charge in [0.2, 0.25) is 0 Å². The molecule has 0 aromatic heterocycles. The van der Waals surface area contributed by atoms with E-state index in [2.05, 4.69) is 12.2 Å². The van der Waals surface area contributed by atoms with E-state index < -0.39 is 0 Å². The fourth-order valence-electron chi connectivity index (χ4n) is 2.48. The maximum atomic E-state index is 12.4. The molecule has 0 fully saturated rings. The molecule has 0 aliphatic carbocycles. The number of rotatable bonds is 9. The second-order valence-corrected chi connectivity index (χ2v) is 7.25. The van der Waals surface area contributed by atoms with Crippen LogP contribution in [0.15, 0.2) is 36.4 Å². The van der Waals surface area contributed by atoms with Crippen LogP contribution in [0, 0.1) is 0 Å². The Morgan fingerprint density at radius 2 is 1.69 bits per heavy atom. The second-order valence-electron chi connectivity index (χ2n) is 6.00. The van der Waals surface area contributed by atoms with Crippen LogP contribution in [0.3, 0.4) is 0 Å². The highest BCUT2D eigenvalue weighted by molar-refractivity contribution is 6.37. The normalized spacial score (nSPS) is 10.6. The standard InChI is InChI=1S/C20H22Cl3NO2/c1-2-3-4-5-6-10-26-19-17(22)11-14(12-18(19)23)20(25)24-16-9-7-8-15(21)13-16/h7-9,11-13H,2-6,10H2,1H3,(H,24,25). The summed E-state index contributed by atoms with van der Waals surface area (Å²) in [5, 5.41) is 3.95. The Morgan fingerprint density at radius 3 is 2.35 bits per heavy atom. The zero-order valence-corrected chi connectivity index (χ0v) is 16.9. The number of hydrogen-bond acceptors (Lipinski definition) is 2. The molecule has 0 aliphatic rings. The average Bonchev–Trinajstić information content (AvgIpc) is 2.59. The van der Waals surface area contributed by atoms with Gasteiger partial charge in [-0.2, -0.15) is 0 Å². The molecule has 6 heteroatoms. The molecule has 0 spiro atoms. The van der Waals surface area contributed by atoms with Crippen molar-refractivity contribution in [3.63, 3.8) is 0 Å². The van der Waals surface area contributed by atoms with Crippen molar-refractivity contribution in [2.45, 2.75) is 39.0 Å². The molecule has 0 saturated carbocycles. The molecule has 0 aliphatic heterocycles. The Kier molecular flexibility index (Phi) is 8.56. The molecular weight excluding hydrogens is 393 g/mol. The van der Waals surface area contributed by atoms with Gasteiger partial charge in [0.15, 0.2) is 5.75 Å². The first-order chi connectivity index (χ1) is 12.5. The van der Waals surface area contributed by atoms with Crippen LogP contribution in [0.25, 0.3) is 0 Å². The van der Waals surface area contributed by atoms with Crippen molar-refractivity contribution < 1.29 is 9.53 Å². The minimum atomic E-state index is -0.317. The highest BCUT2D eigenvalue weighted by atomic mass is 35.5. The van der Waals surface area contributed by atoms with Gasteiger partial charge in [-0.05, 0) is 36.8 Å². The van der Waals surface area contributed by atoms with Crippen molar-refractivity contribution in [1.82, 2.24) is 0 Å². The molecule has 140 valence electrons. The Morgan fingerprint density at radius 1 is 1.00 bits per heavy atom. The van der Waals surface area contributed by atoms with E-state index in [4.69, 9.17) is 39.5 Å². The minimum absolute atomic E-state index is 0.317. The van der Waals surface area contributed by atoms with E-state index in [1.165, 1.54) is 19.3 Å². The molecular formula is C20H22Cl3NO2. The zero-order valence-electron chi connectivity index (χ0n) is 14.7. The summed E-state index contributed by atoms with van der Waals surface area (Å²) < 4.78 is 5.70. The minimum Gasteiger partial charge on any atom is -0.490 e. The lowest BCUT2D eigenvalue weighted by molar-refractivity contribution is 0.102. The second kappa shape index (κ2) is 10.7. The maximum absolute atomic E-state index is 12.4. The highest BCUT2D eigenvalue weighted by Gasteiger charge is 2.14. The van der Waals surface area contributed by atoms with Crippen molar-refractivity contribution in [2.24, 2.45) is 0 Å². The Hall–Kier alpha value is -1.42. The van der Waals surface area contributed by atoms with Crippen molar-refractivity contribution in [3.8, 4) is 5.75 Å². The first kappa shape index (κ1) is 20.9. The molecule has 0 radical (unpaired) electrons. The molecule has 2 rings (SSSR count). The van der Waals surface area contributed by atoms with Gasteiger partial charge in [0.05, 0.1) is 16.7 Å². The predicted molar refractivity (Wildman–Crippen MR) is 110 cm³/mol. The summed E-state index contributed by atoms with van der Waals surface area (Å²) in [5.41, 5.74) is 0.956. The molecule has 0 saturated heterocycles. The molecule has 2 aromatic rings. The predicted octanol–water partition coefficient (Wildman–Crippen LogP) is 7.25. The van der Waals surface area contributed by atoms with Crippen LogP contribution in [0.5, 0.6) is 5.75 Å². The topological polar surface area (TPSA) is 38.3 Å². The van der Waals surface area contributed by atoms with Crippen molar-refractivity contribution >= 4 is 46.4 Å². The van der Waals surface area contributed by atoms with Crippen molar-refractivity contribution in [3.05, 3.63) is 57.0 Å². The van der Waals surface area contributed by atoms with Gasteiger partial charge >= 0.3 is 0 Å². The van der Waals surface area contributed by atoms with Gasteiger partial charge in [-0.15, -0.1) is 0 Å². The summed E-state index contributed by atoms with van der Waals surface area (Å²) >= 11 is 18.4. The summed E-state index contributed by atoms with van der Waals surface area (Å²) in [5.74, 6) is 0.102. The number of ether oxygens (including phenoxy) is 1. The highest BCUT2D eigenvalue weighted by Crippen LogP contribution is 2.34. The number of halogens is 3. The number of amides is 1. The van der Waals surface area contributed by atoms with Gasteiger partial charge in [-0.25, -0.2) is 0 Å². The van der Waals surface area contributed by atoms with E-state index in [0.29, 0.717) is 38.7 Å². The fourth-order valence-corrected chi connectivity index (χ4v) is 3.26. The zero-order chi connectivity index (χ0) is 18.9. The Bertz CT molecular complexity index is 727. The van der Waals surface area contributed by atoms with E-state index >= 15 is 0 Å². The molecule has 1 amide bonds. The smallest absolute Gasteiger partial charge is 0.255 e. The molecule has 26 heavy (non-hydrogen) atoms. The van der Waals surface area contributed by atoms with Gasteiger partial charge in [-0.1, -0.05) is 73.5 Å². The molecule has 0 bridgehead atoms. The van der Waals surface area contributed by atoms with Gasteiger partial charge in [0.25, 0.3) is 5.91 Å². The van der Waals surface area contributed by atoms with E-state index in [1.807, 2.05) is 0 Å². The maximum Gasteiger partial charge on any atom is 0.255 e. The van der Waals surface area contributed by atoms with Crippen LogP contribution in [-0.2, 0) is 0 Å². The largest absolute Gasteiger partial charge is 0.490 e. The number of benzene rings is 2. The van der Waals surface area contributed by atoms with Crippen LogP contribution in [0.1, 0.15) is 49.4 Å². The molecule has 3 nitrogen and oxygen atoms in total. The number of anilines is 1. The van der Waals surface area contributed by atoms with Gasteiger partial charge in [-0.3, -0.25) is 4.79 Å². The molecule has 1 N–H and O–H groups in total. The third kappa shape index (κ3) is 6.39. The Balaban J connectivity index is 1.98. The van der Waals surface area contributed by atoms with E-state index in [0.717, 1.165) is 12.8 Å². The summed E-state index contributed by atoms with van der Waals surface area (Å²) in [6, 6.07) is 10.0. The van der Waals surface area contributed by atoms with E-state index in [1.54, 1.807) is 36.4 Å². The number of unbranched alkanes of at least 4 members (excludes halogenated alkanes) is 4. The van der Waals surface area contributed by atoms with Crippen LogP contribution in [0.2, 0.25) is 15.1 Å². The van der Waals surface area contributed by atoms with Gasteiger partial charge < -0.3 is 10.1 Å². The first-order valence-corrected chi connectivity index (χ1v) is 9.83. The number of nitrogens with one attached hydrogen (secondary N) is 1. The fraction of sp³-hybridized carbons (Fsp3) is 0.350. The Labute approximate surface area is 169 Å². The number of hydrogen-bond donors (Lipinski definition) is 1. The van der Waals surface area contributed by atoms with Gasteiger partial charge in [0.1, 0.15) is 0 Å². The summed E-state index contributed by atoms with van der Waals surface area (Å²) in [4.78, 5) is 12.4. The third-order valence-corrected chi connectivity index (χ3v) is 4.63. The van der Waals surface area contributed by atoms with Crippen molar-refractivity contribution in [1.29, 1.82) is 0 Å². The molecule has 2 aromatic carbocycles. The first-order valence-electron chi connectivity index (χ1n) is 8.70. The van der Waals surface area contributed by atoms with E-state index in [-0.39, 0.29) is 5.91 Å². The number of carbonyl (C=O) groups is 1. The van der Waals surface area contributed by atoms with Crippen molar-refractivity contribution in [2.75, 3.05) is 11.9 Å². The van der Waals surface area contributed by atoms with Crippen LogP contribution < -0.4 is 10.1 Å². The SMILES string of the molecule is CCCCCCCOc1c(Cl)cc(C(=O)Nc2cccc(Cl)c2)cc1Cl. The average molecular weight is 415 g/mol. The van der Waals surface area contributed by atoms with Gasteiger partial charge in [0, 0.05) is 16.3 Å². The van der Waals surface area contributed by atoms with Crippen LogP contribution in [0.4, 0.5) is 5.69 Å². The summed E-state index contributed by atoms with van der Waals surface area (Å²) in [6.07, 6.45) is 5.70. The lowest BCUT2D eigenvalue weighted by atomic mass is 10.1. The quantitative estimate of drug-likeness (QED) is 0.439. The molecule has 0 atom stereocenters. The lowest BCUT2D eigenvalue weighted by Gasteiger charge is -2.12. The molecule has 0 heterocycles. The van der Waals surface area contributed by atoms with E-state index in [9.17, 15) is 4.79 Å². The summed E-state index contributed by atoms with van der Waals surface area (Å²) in [6.45, 7) is 2.73.